The Balaban J connectivity index is 2.82. The first-order chi connectivity index (χ1) is 6.45. The van der Waals surface area contributed by atoms with Gasteiger partial charge in [0, 0.05) is 5.37 Å². The molecule has 1 heterocycles. The molecule has 0 radical (unpaired) electrons. The third kappa shape index (κ3) is 2.64. The molecule has 0 aromatic carbocycles. The van der Waals surface area contributed by atoms with E-state index in [0.29, 0.717) is 5.76 Å². The lowest BCUT2D eigenvalue weighted by Crippen LogP contribution is -2.33. The van der Waals surface area contributed by atoms with Gasteiger partial charge in [0.1, 0.15) is 17.1 Å². The second-order valence-corrected chi connectivity index (χ2v) is 4.14. The second-order valence-electron chi connectivity index (χ2n) is 3.90. The van der Waals surface area contributed by atoms with Gasteiger partial charge in [-0.15, -0.1) is 0 Å². The van der Waals surface area contributed by atoms with E-state index in [4.69, 9.17) is 22.4 Å². The number of nitrogens with two attached hydrogens (primary N) is 1. The normalized spacial score (nSPS) is 15.5. The summed E-state index contributed by atoms with van der Waals surface area (Å²) in [6.45, 7) is 2.60. The van der Waals surface area contributed by atoms with Crippen molar-refractivity contribution < 1.29 is 4.42 Å². The first kappa shape index (κ1) is 11.4. The number of thiocarbonyl (C=S) groups is 1. The molecule has 0 saturated heterocycles. The van der Waals surface area contributed by atoms with Gasteiger partial charge in [-0.25, -0.2) is 0 Å². The van der Waals surface area contributed by atoms with Gasteiger partial charge < -0.3 is 15.1 Å². The topological polar surface area (TPSA) is 42.4 Å². The van der Waals surface area contributed by atoms with E-state index in [9.17, 15) is 0 Å². The zero-order chi connectivity index (χ0) is 10.8. The van der Waals surface area contributed by atoms with Gasteiger partial charge in [-0.05, 0) is 33.2 Å². The van der Waals surface area contributed by atoms with Crippen molar-refractivity contribution in [3.63, 3.8) is 0 Å². The maximum atomic E-state index is 5.91. The minimum atomic E-state index is -0.653. The summed E-state index contributed by atoms with van der Waals surface area (Å²) in [6.07, 6.45) is 0. The van der Waals surface area contributed by atoms with Crippen LogP contribution in [0.4, 0.5) is 0 Å². The summed E-state index contributed by atoms with van der Waals surface area (Å²) in [5.41, 5.74) is 5.26. The average Bonchev–Trinajstić information content (AvgIpc) is 2.52. The largest absolute Gasteiger partial charge is 0.462 e. The van der Waals surface area contributed by atoms with Crippen LogP contribution in [0.25, 0.3) is 0 Å². The van der Waals surface area contributed by atoms with Gasteiger partial charge in [0.25, 0.3) is 0 Å². The van der Waals surface area contributed by atoms with Gasteiger partial charge in [0.05, 0.1) is 6.54 Å². The Labute approximate surface area is 89.9 Å². The van der Waals surface area contributed by atoms with E-state index in [1.807, 2.05) is 38.1 Å². The van der Waals surface area contributed by atoms with E-state index in [1.165, 1.54) is 5.37 Å². The Morgan fingerprint density at radius 2 is 2.21 bits per heavy atom. The molecule has 1 rings (SSSR count). The highest BCUT2D eigenvalue weighted by Gasteiger charge is 2.21. The second kappa shape index (κ2) is 4.21. The summed E-state index contributed by atoms with van der Waals surface area (Å²) in [7, 11) is 3.98. The number of furan rings is 1. The molecule has 2 N–H and O–H groups in total. The molecular formula is C10H16N2OS. The number of hydrogen-bond acceptors (Lipinski definition) is 4. The highest BCUT2D eigenvalue weighted by molar-refractivity contribution is 7.79. The lowest BCUT2D eigenvalue weighted by atomic mass is 10.0. The van der Waals surface area contributed by atoms with Gasteiger partial charge >= 0.3 is 0 Å². The number of rotatable bonds is 4. The third-order valence-electron chi connectivity index (χ3n) is 1.91. The summed E-state index contributed by atoms with van der Waals surface area (Å²) in [4.78, 5) is 2.04. The van der Waals surface area contributed by atoms with Crippen molar-refractivity contribution in [2.75, 3.05) is 14.1 Å². The Morgan fingerprint density at radius 3 is 2.71 bits per heavy atom. The van der Waals surface area contributed by atoms with Crippen molar-refractivity contribution in [2.45, 2.75) is 19.0 Å². The maximum Gasteiger partial charge on any atom is 0.128 e. The SMILES string of the molecule is CN(C)Cc1ccc(C(C)(N)C=S)o1. The predicted octanol–water partition coefficient (Wildman–Crippen LogP) is 1.51. The molecule has 0 bridgehead atoms. The first-order valence-corrected chi connectivity index (χ1v) is 4.92. The zero-order valence-electron chi connectivity index (χ0n) is 8.78. The minimum absolute atomic E-state index is 0.653. The Morgan fingerprint density at radius 1 is 1.57 bits per heavy atom. The molecule has 1 unspecified atom stereocenters. The fourth-order valence-corrected chi connectivity index (χ4v) is 1.24. The molecule has 0 amide bonds. The fraction of sp³-hybridized carbons (Fsp3) is 0.500. The Kier molecular flexibility index (Phi) is 3.42. The van der Waals surface area contributed by atoms with Crippen LogP contribution in [0.3, 0.4) is 0 Å². The molecule has 1 atom stereocenters. The van der Waals surface area contributed by atoms with Gasteiger partial charge in [0.15, 0.2) is 0 Å². The van der Waals surface area contributed by atoms with Gasteiger partial charge in [0.2, 0.25) is 0 Å². The molecule has 4 heteroatoms. The van der Waals surface area contributed by atoms with Crippen molar-refractivity contribution in [1.29, 1.82) is 0 Å². The first-order valence-electron chi connectivity index (χ1n) is 4.45. The molecule has 1 aromatic rings. The predicted molar refractivity (Wildman–Crippen MR) is 61.3 cm³/mol. The monoisotopic (exact) mass is 212 g/mol. The molecule has 0 aliphatic carbocycles. The van der Waals surface area contributed by atoms with Crippen LogP contribution in [0.5, 0.6) is 0 Å². The zero-order valence-corrected chi connectivity index (χ0v) is 9.60. The molecule has 78 valence electrons. The quantitative estimate of drug-likeness (QED) is 0.768. The van der Waals surface area contributed by atoms with Crippen molar-refractivity contribution >= 4 is 17.6 Å². The third-order valence-corrected chi connectivity index (χ3v) is 2.40. The molecule has 0 aliphatic heterocycles. The van der Waals surface area contributed by atoms with E-state index in [-0.39, 0.29) is 0 Å². The van der Waals surface area contributed by atoms with E-state index in [1.54, 1.807) is 0 Å². The molecule has 0 fully saturated rings. The molecule has 0 aliphatic rings. The summed E-state index contributed by atoms with van der Waals surface area (Å²) < 4.78 is 5.59. The van der Waals surface area contributed by atoms with Gasteiger partial charge in [-0.2, -0.15) is 0 Å². The Hall–Kier alpha value is -0.710. The summed E-state index contributed by atoms with van der Waals surface area (Å²) in [6, 6.07) is 3.81. The van der Waals surface area contributed by atoms with Crippen LogP contribution in [-0.4, -0.2) is 24.4 Å². The molecule has 1 aromatic heterocycles. The van der Waals surface area contributed by atoms with Gasteiger partial charge in [-0.3, -0.25) is 0 Å². The molecular weight excluding hydrogens is 196 g/mol. The average molecular weight is 212 g/mol. The van der Waals surface area contributed by atoms with Crippen molar-refractivity contribution in [2.24, 2.45) is 5.73 Å². The van der Waals surface area contributed by atoms with Crippen LogP contribution in [-0.2, 0) is 12.1 Å². The smallest absolute Gasteiger partial charge is 0.128 e. The van der Waals surface area contributed by atoms with Crippen LogP contribution in [0.2, 0.25) is 0 Å². The van der Waals surface area contributed by atoms with E-state index >= 15 is 0 Å². The molecule has 0 saturated carbocycles. The van der Waals surface area contributed by atoms with Crippen molar-refractivity contribution in [3.05, 3.63) is 23.7 Å². The maximum absolute atomic E-state index is 5.91. The number of nitrogens with zero attached hydrogens (tertiary/aromatic N) is 1. The van der Waals surface area contributed by atoms with Crippen molar-refractivity contribution in [1.82, 2.24) is 4.90 Å². The minimum Gasteiger partial charge on any atom is -0.462 e. The lowest BCUT2D eigenvalue weighted by Gasteiger charge is -2.15. The number of hydrogen-bond donors (Lipinski definition) is 1. The van der Waals surface area contributed by atoms with Gasteiger partial charge in [-0.1, -0.05) is 12.2 Å². The molecule has 3 nitrogen and oxygen atoms in total. The van der Waals surface area contributed by atoms with Crippen LogP contribution < -0.4 is 5.73 Å². The highest BCUT2D eigenvalue weighted by Crippen LogP contribution is 2.19. The van der Waals surface area contributed by atoms with Crippen LogP contribution in [0.15, 0.2) is 16.5 Å². The summed E-state index contributed by atoms with van der Waals surface area (Å²) in [5, 5.41) is 1.52. The summed E-state index contributed by atoms with van der Waals surface area (Å²) >= 11 is 4.85. The molecule has 0 spiro atoms. The Bertz CT molecular complexity index is 318. The fourth-order valence-electron chi connectivity index (χ4n) is 1.12. The lowest BCUT2D eigenvalue weighted by molar-refractivity contribution is 0.331. The van der Waals surface area contributed by atoms with Crippen LogP contribution in [0, 0.1) is 0 Å². The standard InChI is InChI=1S/C10H16N2OS/c1-10(11,7-14)9-5-4-8(13-9)6-12(2)3/h4-5,7H,6,11H2,1-3H3. The van der Waals surface area contributed by atoms with Crippen molar-refractivity contribution in [3.8, 4) is 0 Å². The highest BCUT2D eigenvalue weighted by atomic mass is 32.1. The van der Waals surface area contributed by atoms with E-state index in [2.05, 4.69) is 0 Å². The van der Waals surface area contributed by atoms with Crippen LogP contribution in [0.1, 0.15) is 18.4 Å². The van der Waals surface area contributed by atoms with Crippen LogP contribution >= 0.6 is 12.2 Å². The molecule has 14 heavy (non-hydrogen) atoms. The van der Waals surface area contributed by atoms with E-state index in [0.717, 1.165) is 12.3 Å². The van der Waals surface area contributed by atoms with E-state index < -0.39 is 5.54 Å². The summed E-state index contributed by atoms with van der Waals surface area (Å²) in [5.74, 6) is 1.61.